The summed E-state index contributed by atoms with van der Waals surface area (Å²) in [5.41, 5.74) is 1.29. The number of fused-ring (bicyclic) bond motifs is 1. The second-order valence-corrected chi connectivity index (χ2v) is 3.65. The van der Waals surface area contributed by atoms with E-state index >= 15 is 0 Å². The molecule has 2 rings (SSSR count). The Hall–Kier alpha value is -1.28. The molecule has 0 saturated heterocycles. The molecular weight excluding hydrogens is 176 g/mol. The molecule has 74 valence electrons. The Balaban J connectivity index is 2.48. The van der Waals surface area contributed by atoms with Gasteiger partial charge in [-0.3, -0.25) is 0 Å². The lowest BCUT2D eigenvalue weighted by molar-refractivity contribution is 0.0920. The molecule has 1 aliphatic rings. The van der Waals surface area contributed by atoms with Gasteiger partial charge in [0.2, 0.25) is 0 Å². The number of hydrogen-bond donors (Lipinski definition) is 1. The molecule has 0 spiro atoms. The van der Waals surface area contributed by atoms with Gasteiger partial charge in [-0.2, -0.15) is 0 Å². The summed E-state index contributed by atoms with van der Waals surface area (Å²) in [5, 5.41) is 10.2. The number of methoxy groups -OCH3 is 1. The third kappa shape index (κ3) is 1.23. The smallest absolute Gasteiger partial charge is 0.119 e. The summed E-state index contributed by atoms with van der Waals surface area (Å²) in [5.74, 6) is 0.845. The standard InChI is InChI=1S/C12H14O2/c1-3-12(13)7-6-9-8-10(14-2)4-5-11(9)12/h3-5,8,13H,1,6-7H2,2H3. The minimum absolute atomic E-state index is 0.721. The minimum Gasteiger partial charge on any atom is -0.497 e. The summed E-state index contributed by atoms with van der Waals surface area (Å²) in [6.45, 7) is 3.67. The first-order valence-electron chi connectivity index (χ1n) is 4.73. The molecular formula is C12H14O2. The summed E-state index contributed by atoms with van der Waals surface area (Å²) in [4.78, 5) is 0. The van der Waals surface area contributed by atoms with E-state index in [0.29, 0.717) is 0 Å². The Morgan fingerprint density at radius 3 is 3.00 bits per heavy atom. The van der Waals surface area contributed by atoms with Crippen LogP contribution in [0, 0.1) is 0 Å². The average molecular weight is 190 g/mol. The maximum Gasteiger partial charge on any atom is 0.119 e. The Labute approximate surface area is 83.8 Å². The van der Waals surface area contributed by atoms with E-state index in [4.69, 9.17) is 4.74 Å². The number of aryl methyl sites for hydroxylation is 1. The molecule has 0 fully saturated rings. The Kier molecular flexibility index (Phi) is 2.08. The Bertz CT molecular complexity index is 371. The second-order valence-electron chi connectivity index (χ2n) is 3.65. The number of aliphatic hydroxyl groups is 1. The predicted octanol–water partition coefficient (Wildman–Crippen LogP) is 2.01. The monoisotopic (exact) mass is 190 g/mol. The number of benzene rings is 1. The first-order chi connectivity index (χ1) is 6.69. The van der Waals surface area contributed by atoms with E-state index in [9.17, 15) is 5.11 Å². The molecule has 14 heavy (non-hydrogen) atoms. The molecule has 0 aliphatic heterocycles. The summed E-state index contributed by atoms with van der Waals surface area (Å²) >= 11 is 0. The molecule has 1 aromatic rings. The third-order valence-corrected chi connectivity index (χ3v) is 2.89. The van der Waals surface area contributed by atoms with Crippen molar-refractivity contribution >= 4 is 0 Å². The zero-order valence-electron chi connectivity index (χ0n) is 8.29. The molecule has 1 atom stereocenters. The van der Waals surface area contributed by atoms with Gasteiger partial charge in [-0.05, 0) is 36.1 Å². The molecule has 0 aromatic heterocycles. The normalized spacial score (nSPS) is 24.4. The molecule has 1 N–H and O–H groups in total. The van der Waals surface area contributed by atoms with Crippen molar-refractivity contribution in [3.05, 3.63) is 42.0 Å². The van der Waals surface area contributed by atoms with E-state index < -0.39 is 5.60 Å². The zero-order chi connectivity index (χ0) is 10.2. The van der Waals surface area contributed by atoms with E-state index in [1.54, 1.807) is 13.2 Å². The van der Waals surface area contributed by atoms with Gasteiger partial charge in [0.15, 0.2) is 0 Å². The van der Waals surface area contributed by atoms with Crippen LogP contribution < -0.4 is 4.74 Å². The van der Waals surface area contributed by atoms with Gasteiger partial charge < -0.3 is 9.84 Å². The van der Waals surface area contributed by atoms with E-state index in [0.717, 1.165) is 29.7 Å². The summed E-state index contributed by atoms with van der Waals surface area (Å²) in [7, 11) is 1.65. The molecule has 0 radical (unpaired) electrons. The highest BCUT2D eigenvalue weighted by Gasteiger charge is 2.33. The average Bonchev–Trinajstić information content (AvgIpc) is 2.57. The number of ether oxygens (including phenoxy) is 1. The van der Waals surface area contributed by atoms with Crippen molar-refractivity contribution in [1.82, 2.24) is 0 Å². The van der Waals surface area contributed by atoms with Gasteiger partial charge in [-0.25, -0.2) is 0 Å². The molecule has 0 heterocycles. The minimum atomic E-state index is -0.832. The van der Waals surface area contributed by atoms with Crippen LogP contribution in [-0.4, -0.2) is 12.2 Å². The molecule has 2 heteroatoms. The lowest BCUT2D eigenvalue weighted by Crippen LogP contribution is -2.17. The highest BCUT2D eigenvalue weighted by molar-refractivity contribution is 5.44. The van der Waals surface area contributed by atoms with Crippen molar-refractivity contribution in [2.75, 3.05) is 7.11 Å². The highest BCUT2D eigenvalue weighted by Crippen LogP contribution is 2.38. The number of hydrogen-bond acceptors (Lipinski definition) is 2. The van der Waals surface area contributed by atoms with E-state index in [1.807, 2.05) is 18.2 Å². The van der Waals surface area contributed by atoms with E-state index in [1.165, 1.54) is 0 Å². The summed E-state index contributed by atoms with van der Waals surface area (Å²) in [6, 6.07) is 5.78. The second kappa shape index (κ2) is 3.14. The molecule has 1 aromatic carbocycles. The molecule has 2 nitrogen and oxygen atoms in total. The first kappa shape index (κ1) is 9.28. The van der Waals surface area contributed by atoms with E-state index in [-0.39, 0.29) is 0 Å². The van der Waals surface area contributed by atoms with Gasteiger partial charge in [0.1, 0.15) is 11.4 Å². The zero-order valence-corrected chi connectivity index (χ0v) is 8.29. The topological polar surface area (TPSA) is 29.5 Å². The maximum atomic E-state index is 10.2. The van der Waals surface area contributed by atoms with Crippen LogP contribution in [0.4, 0.5) is 0 Å². The van der Waals surface area contributed by atoms with Gasteiger partial charge in [0, 0.05) is 0 Å². The van der Waals surface area contributed by atoms with Gasteiger partial charge in [-0.1, -0.05) is 18.7 Å². The fourth-order valence-corrected chi connectivity index (χ4v) is 2.00. The molecule has 0 saturated carbocycles. The van der Waals surface area contributed by atoms with Crippen LogP contribution in [-0.2, 0) is 12.0 Å². The van der Waals surface area contributed by atoms with Crippen molar-refractivity contribution in [2.24, 2.45) is 0 Å². The third-order valence-electron chi connectivity index (χ3n) is 2.89. The van der Waals surface area contributed by atoms with Gasteiger partial charge in [0.25, 0.3) is 0 Å². The summed E-state index contributed by atoms with van der Waals surface area (Å²) in [6.07, 6.45) is 3.22. The van der Waals surface area contributed by atoms with Crippen LogP contribution in [0.3, 0.4) is 0 Å². The van der Waals surface area contributed by atoms with Crippen molar-refractivity contribution in [3.63, 3.8) is 0 Å². The fraction of sp³-hybridized carbons (Fsp3) is 0.333. The lowest BCUT2D eigenvalue weighted by Gasteiger charge is -2.18. The molecule has 1 unspecified atom stereocenters. The van der Waals surface area contributed by atoms with Crippen molar-refractivity contribution in [2.45, 2.75) is 18.4 Å². The molecule has 0 bridgehead atoms. The van der Waals surface area contributed by atoms with Crippen molar-refractivity contribution in [1.29, 1.82) is 0 Å². The van der Waals surface area contributed by atoms with Gasteiger partial charge in [-0.15, -0.1) is 0 Å². The van der Waals surface area contributed by atoms with Crippen LogP contribution in [0.5, 0.6) is 5.75 Å². The summed E-state index contributed by atoms with van der Waals surface area (Å²) < 4.78 is 5.13. The Morgan fingerprint density at radius 1 is 1.57 bits per heavy atom. The van der Waals surface area contributed by atoms with Crippen LogP contribution in [0.2, 0.25) is 0 Å². The van der Waals surface area contributed by atoms with E-state index in [2.05, 4.69) is 6.58 Å². The quantitative estimate of drug-likeness (QED) is 0.723. The highest BCUT2D eigenvalue weighted by atomic mass is 16.5. The SMILES string of the molecule is C=CC1(O)CCc2cc(OC)ccc21. The van der Waals surface area contributed by atoms with Gasteiger partial charge in [0.05, 0.1) is 7.11 Å². The van der Waals surface area contributed by atoms with Crippen LogP contribution in [0.15, 0.2) is 30.9 Å². The Morgan fingerprint density at radius 2 is 2.36 bits per heavy atom. The predicted molar refractivity (Wildman–Crippen MR) is 55.4 cm³/mol. The lowest BCUT2D eigenvalue weighted by atomic mass is 9.96. The largest absolute Gasteiger partial charge is 0.497 e. The first-order valence-corrected chi connectivity index (χ1v) is 4.73. The van der Waals surface area contributed by atoms with Gasteiger partial charge >= 0.3 is 0 Å². The fourth-order valence-electron chi connectivity index (χ4n) is 2.00. The molecule has 1 aliphatic carbocycles. The van der Waals surface area contributed by atoms with Crippen molar-refractivity contribution in [3.8, 4) is 5.75 Å². The van der Waals surface area contributed by atoms with Crippen LogP contribution in [0.1, 0.15) is 17.5 Å². The van der Waals surface area contributed by atoms with Crippen LogP contribution in [0.25, 0.3) is 0 Å². The molecule has 0 amide bonds. The maximum absolute atomic E-state index is 10.2. The van der Waals surface area contributed by atoms with Crippen molar-refractivity contribution < 1.29 is 9.84 Å². The van der Waals surface area contributed by atoms with Crippen LogP contribution >= 0.6 is 0 Å². The number of rotatable bonds is 2.